The van der Waals surface area contributed by atoms with Crippen molar-refractivity contribution in [2.24, 2.45) is 5.92 Å². The highest BCUT2D eigenvalue weighted by atomic mass is 16.2. The van der Waals surface area contributed by atoms with E-state index in [4.69, 9.17) is 0 Å². The zero-order valence-corrected chi connectivity index (χ0v) is 15.2. The number of hydrogen-bond acceptors (Lipinski definition) is 3. The lowest BCUT2D eigenvalue weighted by atomic mass is 9.97. The molecule has 1 aliphatic carbocycles. The van der Waals surface area contributed by atoms with Gasteiger partial charge in [-0.2, -0.15) is 0 Å². The van der Waals surface area contributed by atoms with Crippen molar-refractivity contribution in [3.8, 4) is 0 Å². The summed E-state index contributed by atoms with van der Waals surface area (Å²) in [5.41, 5.74) is 1.05. The first-order valence-corrected chi connectivity index (χ1v) is 9.13. The first-order valence-electron chi connectivity index (χ1n) is 9.13. The Hall–Kier alpha value is -2.69. The second kappa shape index (κ2) is 7.68. The van der Waals surface area contributed by atoms with E-state index in [9.17, 15) is 14.4 Å². The lowest BCUT2D eigenvalue weighted by molar-refractivity contribution is 0.0925. The van der Waals surface area contributed by atoms with E-state index < -0.39 is 0 Å². The summed E-state index contributed by atoms with van der Waals surface area (Å²) in [5.74, 6) is -0.692. The van der Waals surface area contributed by atoms with E-state index in [-0.39, 0.29) is 36.2 Å². The highest BCUT2D eigenvalue weighted by Crippen LogP contribution is 2.19. The standard InChI is InChI=1S/C21H24N2O3.H2/c1-3-14(2)19(24)18-11-16(20(25)22-17-9-10-17)13-23(21(18)26)12-15-7-5-4-6-8-15;/h4-8,11,13-14,17H,3,9-10,12H2,1-2H3,(H,22,25);1H. The fraction of sp³-hybridized carbons (Fsp3) is 0.381. The van der Waals surface area contributed by atoms with Crippen LogP contribution in [0.3, 0.4) is 0 Å². The van der Waals surface area contributed by atoms with Crippen LogP contribution in [0.5, 0.6) is 0 Å². The van der Waals surface area contributed by atoms with Crippen molar-refractivity contribution in [1.82, 2.24) is 9.88 Å². The minimum absolute atomic E-state index is 0. The maximum Gasteiger partial charge on any atom is 0.261 e. The third kappa shape index (κ3) is 4.10. The van der Waals surface area contributed by atoms with E-state index in [1.807, 2.05) is 37.3 Å². The second-order valence-corrected chi connectivity index (χ2v) is 6.98. The van der Waals surface area contributed by atoms with Crippen molar-refractivity contribution in [2.45, 2.75) is 45.7 Å². The molecule has 5 nitrogen and oxygen atoms in total. The number of pyridine rings is 1. The van der Waals surface area contributed by atoms with E-state index in [0.29, 0.717) is 18.5 Å². The molecule has 0 bridgehead atoms. The summed E-state index contributed by atoms with van der Waals surface area (Å²) in [6.45, 7) is 4.04. The molecule has 2 aromatic rings. The summed E-state index contributed by atoms with van der Waals surface area (Å²) in [7, 11) is 0. The van der Waals surface area contributed by atoms with Gasteiger partial charge in [0.1, 0.15) is 0 Å². The average molecular weight is 354 g/mol. The topological polar surface area (TPSA) is 68.2 Å². The number of aromatic nitrogens is 1. The number of benzene rings is 1. The van der Waals surface area contributed by atoms with Crippen molar-refractivity contribution < 1.29 is 11.0 Å². The van der Waals surface area contributed by atoms with Crippen LogP contribution in [-0.2, 0) is 6.54 Å². The van der Waals surface area contributed by atoms with E-state index in [0.717, 1.165) is 18.4 Å². The zero-order chi connectivity index (χ0) is 18.7. The molecule has 1 amide bonds. The Morgan fingerprint density at radius 1 is 1.27 bits per heavy atom. The van der Waals surface area contributed by atoms with Gasteiger partial charge in [-0.1, -0.05) is 44.2 Å². The monoisotopic (exact) mass is 354 g/mol. The molecule has 1 aliphatic rings. The molecule has 0 aliphatic heterocycles. The first kappa shape index (κ1) is 18.1. The van der Waals surface area contributed by atoms with Gasteiger partial charge in [0.2, 0.25) is 0 Å². The molecule has 1 saturated carbocycles. The Labute approximate surface area is 154 Å². The molecular weight excluding hydrogens is 328 g/mol. The SMILES string of the molecule is CCC(C)C(=O)c1cc(C(=O)NC2CC2)cn(Cc2ccccc2)c1=O.[HH]. The molecule has 1 unspecified atom stereocenters. The quantitative estimate of drug-likeness (QED) is 0.776. The van der Waals surface area contributed by atoms with Crippen LogP contribution >= 0.6 is 0 Å². The number of amides is 1. The molecule has 1 aromatic carbocycles. The molecule has 1 aromatic heterocycles. The van der Waals surface area contributed by atoms with E-state index >= 15 is 0 Å². The predicted octanol–water partition coefficient (Wildman–Crippen LogP) is 3.26. The van der Waals surface area contributed by atoms with Gasteiger partial charge in [-0.05, 0) is 30.9 Å². The third-order valence-electron chi connectivity index (χ3n) is 4.78. The van der Waals surface area contributed by atoms with Crippen LogP contribution in [0.25, 0.3) is 0 Å². The van der Waals surface area contributed by atoms with Crippen LogP contribution in [0.15, 0.2) is 47.4 Å². The van der Waals surface area contributed by atoms with Crippen molar-refractivity contribution in [2.75, 3.05) is 0 Å². The van der Waals surface area contributed by atoms with Crippen molar-refractivity contribution in [3.63, 3.8) is 0 Å². The molecule has 26 heavy (non-hydrogen) atoms. The summed E-state index contributed by atoms with van der Waals surface area (Å²) in [5, 5.41) is 2.92. The molecule has 3 rings (SSSR count). The number of nitrogens with zero attached hydrogens (tertiary/aromatic N) is 1. The maximum absolute atomic E-state index is 12.9. The van der Waals surface area contributed by atoms with Gasteiger partial charge < -0.3 is 9.88 Å². The fourth-order valence-corrected chi connectivity index (χ4v) is 2.78. The Balaban J connectivity index is 0.00000261. The minimum atomic E-state index is -0.345. The summed E-state index contributed by atoms with van der Waals surface area (Å²) in [6, 6.07) is 11.2. The average Bonchev–Trinajstić information content (AvgIpc) is 3.46. The number of carbonyl (C=O) groups is 2. The van der Waals surface area contributed by atoms with Crippen LogP contribution in [0.4, 0.5) is 0 Å². The molecule has 0 saturated heterocycles. The van der Waals surface area contributed by atoms with Crippen LogP contribution in [0, 0.1) is 5.92 Å². The van der Waals surface area contributed by atoms with Gasteiger partial charge in [-0.25, -0.2) is 0 Å². The summed E-state index contributed by atoms with van der Waals surface area (Å²) < 4.78 is 1.47. The van der Waals surface area contributed by atoms with Crippen LogP contribution in [-0.4, -0.2) is 22.3 Å². The largest absolute Gasteiger partial charge is 0.349 e. The number of carbonyl (C=O) groups excluding carboxylic acids is 2. The molecule has 5 heteroatoms. The van der Waals surface area contributed by atoms with Crippen molar-refractivity contribution in [3.05, 3.63) is 69.6 Å². The van der Waals surface area contributed by atoms with Crippen LogP contribution in [0.1, 0.15) is 60.8 Å². The van der Waals surface area contributed by atoms with Crippen molar-refractivity contribution >= 4 is 11.7 Å². The molecule has 0 spiro atoms. The van der Waals surface area contributed by atoms with Gasteiger partial charge in [0.05, 0.1) is 17.7 Å². The molecule has 1 atom stereocenters. The molecule has 0 radical (unpaired) electrons. The van der Waals surface area contributed by atoms with Gasteiger partial charge in [-0.15, -0.1) is 0 Å². The molecular formula is C21H26N2O3. The molecule has 138 valence electrons. The van der Waals surface area contributed by atoms with E-state index in [1.54, 1.807) is 13.1 Å². The van der Waals surface area contributed by atoms with Gasteiger partial charge in [-0.3, -0.25) is 14.4 Å². The van der Waals surface area contributed by atoms with Crippen LogP contribution in [0.2, 0.25) is 0 Å². The van der Waals surface area contributed by atoms with Gasteiger partial charge >= 0.3 is 0 Å². The Kier molecular flexibility index (Phi) is 5.35. The van der Waals surface area contributed by atoms with Gasteiger partial charge in [0.15, 0.2) is 5.78 Å². The summed E-state index contributed by atoms with van der Waals surface area (Å²) in [6.07, 6.45) is 4.16. The maximum atomic E-state index is 12.9. The highest BCUT2D eigenvalue weighted by molar-refractivity contribution is 6.01. The Morgan fingerprint density at radius 3 is 2.58 bits per heavy atom. The van der Waals surface area contributed by atoms with E-state index in [2.05, 4.69) is 5.32 Å². The zero-order valence-electron chi connectivity index (χ0n) is 15.2. The van der Waals surface area contributed by atoms with Gasteiger partial charge in [0.25, 0.3) is 11.5 Å². The number of Topliss-reactive ketones (excluding diaryl/α,β-unsaturated/α-hetero) is 1. The number of ketones is 1. The normalized spacial score (nSPS) is 14.7. The van der Waals surface area contributed by atoms with E-state index in [1.165, 1.54) is 10.6 Å². The van der Waals surface area contributed by atoms with Gasteiger partial charge in [0, 0.05) is 19.6 Å². The lowest BCUT2D eigenvalue weighted by Crippen LogP contribution is -2.32. The Morgan fingerprint density at radius 2 is 1.96 bits per heavy atom. The molecule has 1 heterocycles. The molecule has 1 N–H and O–H groups in total. The highest BCUT2D eigenvalue weighted by Gasteiger charge is 2.26. The first-order chi connectivity index (χ1) is 12.5. The summed E-state index contributed by atoms with van der Waals surface area (Å²) in [4.78, 5) is 38.0. The second-order valence-electron chi connectivity index (χ2n) is 6.98. The smallest absolute Gasteiger partial charge is 0.261 e. The lowest BCUT2D eigenvalue weighted by Gasteiger charge is -2.13. The molecule has 1 fully saturated rings. The summed E-state index contributed by atoms with van der Waals surface area (Å²) >= 11 is 0. The Bertz CT molecular complexity index is 873. The predicted molar refractivity (Wildman–Crippen MR) is 103 cm³/mol. The minimum Gasteiger partial charge on any atom is -0.349 e. The fourth-order valence-electron chi connectivity index (χ4n) is 2.78. The number of hydrogen-bond donors (Lipinski definition) is 1. The third-order valence-corrected chi connectivity index (χ3v) is 4.78. The van der Waals surface area contributed by atoms with Crippen LogP contribution < -0.4 is 10.9 Å². The van der Waals surface area contributed by atoms with Crippen molar-refractivity contribution in [1.29, 1.82) is 0 Å². The number of nitrogens with one attached hydrogen (secondary N) is 1. The number of rotatable bonds is 7.